The fourth-order valence-electron chi connectivity index (χ4n) is 3.03. The number of nitrogens with zero attached hydrogens (tertiary/aromatic N) is 3. The first-order chi connectivity index (χ1) is 12.2. The van der Waals surface area contributed by atoms with Gasteiger partial charge in [0.2, 0.25) is 5.89 Å². The number of hydrogen-bond donors (Lipinski definition) is 0. The van der Waals surface area contributed by atoms with Gasteiger partial charge >= 0.3 is 0 Å². The number of rotatable bonds is 3. The fraction of sp³-hybridized carbons (Fsp3) is 0.278. The molecule has 1 aliphatic heterocycles. The highest BCUT2D eigenvalue weighted by molar-refractivity contribution is 9.10. The summed E-state index contributed by atoms with van der Waals surface area (Å²) < 4.78 is 11.9. The number of benzene rings is 1. The van der Waals surface area contributed by atoms with Crippen molar-refractivity contribution >= 4 is 21.8 Å². The Morgan fingerprint density at radius 2 is 2.00 bits per heavy atom. The van der Waals surface area contributed by atoms with Crippen LogP contribution in [0.5, 0.6) is 0 Å². The molecule has 2 aromatic heterocycles. The molecule has 0 N–H and O–H groups in total. The van der Waals surface area contributed by atoms with Crippen molar-refractivity contribution in [1.29, 1.82) is 0 Å². The van der Waals surface area contributed by atoms with Crippen molar-refractivity contribution in [3.8, 4) is 11.7 Å². The minimum absolute atomic E-state index is 0.0570. The topological polar surface area (TPSA) is 72.4 Å². The summed E-state index contributed by atoms with van der Waals surface area (Å²) in [5, 5.41) is 8.20. The van der Waals surface area contributed by atoms with E-state index in [4.69, 9.17) is 8.83 Å². The van der Waals surface area contributed by atoms with Crippen LogP contribution in [0.25, 0.3) is 11.7 Å². The zero-order valence-corrected chi connectivity index (χ0v) is 15.0. The summed E-state index contributed by atoms with van der Waals surface area (Å²) in [7, 11) is 0. The number of hydrogen-bond acceptors (Lipinski definition) is 5. The number of piperidine rings is 1. The Morgan fingerprint density at radius 1 is 1.16 bits per heavy atom. The van der Waals surface area contributed by atoms with E-state index in [0.717, 1.165) is 17.3 Å². The van der Waals surface area contributed by atoms with E-state index in [1.807, 2.05) is 29.2 Å². The van der Waals surface area contributed by atoms with Crippen LogP contribution in [0.15, 0.2) is 56.0 Å². The summed E-state index contributed by atoms with van der Waals surface area (Å²) >= 11 is 3.41. The Labute approximate surface area is 153 Å². The molecule has 0 bridgehead atoms. The fourth-order valence-corrected chi connectivity index (χ4v) is 3.43. The molecule has 0 saturated carbocycles. The first kappa shape index (κ1) is 16.1. The van der Waals surface area contributed by atoms with E-state index in [2.05, 4.69) is 26.1 Å². The average molecular weight is 402 g/mol. The molecule has 1 aliphatic rings. The highest BCUT2D eigenvalue weighted by Gasteiger charge is 2.28. The molecule has 4 rings (SSSR count). The number of halogens is 1. The molecule has 1 fully saturated rings. The van der Waals surface area contributed by atoms with Crippen LogP contribution in [0, 0.1) is 0 Å². The maximum absolute atomic E-state index is 12.6. The normalized spacial score (nSPS) is 15.5. The van der Waals surface area contributed by atoms with Crippen LogP contribution in [0.4, 0.5) is 0 Å². The molecule has 3 aromatic rings. The minimum atomic E-state index is 0.0570. The Balaban J connectivity index is 1.41. The maximum Gasteiger partial charge on any atom is 0.283 e. The third kappa shape index (κ3) is 3.37. The van der Waals surface area contributed by atoms with Gasteiger partial charge in [0.1, 0.15) is 0 Å². The van der Waals surface area contributed by atoms with Crippen LogP contribution in [-0.2, 0) is 0 Å². The summed E-state index contributed by atoms with van der Waals surface area (Å²) in [4.78, 5) is 14.5. The number of amides is 1. The van der Waals surface area contributed by atoms with Crippen LogP contribution >= 0.6 is 15.9 Å². The minimum Gasteiger partial charge on any atom is -0.459 e. The predicted octanol–water partition coefficient (Wildman–Crippen LogP) is 4.11. The molecule has 1 aromatic carbocycles. The van der Waals surface area contributed by atoms with Gasteiger partial charge in [0.25, 0.3) is 11.8 Å². The van der Waals surface area contributed by atoms with E-state index < -0.39 is 0 Å². The predicted molar refractivity (Wildman–Crippen MR) is 94.0 cm³/mol. The molecule has 7 heteroatoms. The lowest BCUT2D eigenvalue weighted by Crippen LogP contribution is -2.38. The second kappa shape index (κ2) is 6.84. The monoisotopic (exact) mass is 401 g/mol. The number of carbonyl (C=O) groups excluding carboxylic acids is 1. The van der Waals surface area contributed by atoms with Gasteiger partial charge in [-0.2, -0.15) is 0 Å². The molecular weight excluding hydrogens is 386 g/mol. The van der Waals surface area contributed by atoms with Crippen molar-refractivity contribution in [1.82, 2.24) is 15.1 Å². The number of furan rings is 1. The lowest BCUT2D eigenvalue weighted by Gasteiger charge is -2.30. The van der Waals surface area contributed by atoms with Gasteiger partial charge in [0.05, 0.1) is 6.26 Å². The average Bonchev–Trinajstić information content (AvgIpc) is 3.32. The number of likely N-dealkylation sites (tertiary alicyclic amines) is 1. The molecule has 6 nitrogen and oxygen atoms in total. The van der Waals surface area contributed by atoms with E-state index in [0.29, 0.717) is 36.2 Å². The van der Waals surface area contributed by atoms with Crippen LogP contribution in [-0.4, -0.2) is 34.1 Å². The van der Waals surface area contributed by atoms with Crippen LogP contribution in [0.3, 0.4) is 0 Å². The standard InChI is InChI=1S/C18H16BrN3O3/c19-14-4-1-3-13(11-14)18(23)22-8-6-12(7-9-22)16-20-21-17(25-16)15-5-2-10-24-15/h1-5,10-12H,6-9H2. The summed E-state index contributed by atoms with van der Waals surface area (Å²) in [5.74, 6) is 1.80. The Hall–Kier alpha value is -2.41. The quantitative estimate of drug-likeness (QED) is 0.659. The van der Waals surface area contributed by atoms with E-state index in [1.165, 1.54) is 0 Å². The lowest BCUT2D eigenvalue weighted by molar-refractivity contribution is 0.0706. The summed E-state index contributed by atoms with van der Waals surface area (Å²) in [6, 6.07) is 11.0. The van der Waals surface area contributed by atoms with Gasteiger partial charge < -0.3 is 13.7 Å². The third-order valence-electron chi connectivity index (χ3n) is 4.38. The van der Waals surface area contributed by atoms with Crippen molar-refractivity contribution in [3.05, 3.63) is 58.6 Å². The van der Waals surface area contributed by atoms with Crippen molar-refractivity contribution in [2.24, 2.45) is 0 Å². The summed E-state index contributed by atoms with van der Waals surface area (Å²) in [6.07, 6.45) is 3.18. The molecule has 1 saturated heterocycles. The van der Waals surface area contributed by atoms with E-state index in [1.54, 1.807) is 18.4 Å². The second-order valence-corrected chi connectivity index (χ2v) is 6.92. The van der Waals surface area contributed by atoms with Crippen molar-refractivity contribution in [2.45, 2.75) is 18.8 Å². The third-order valence-corrected chi connectivity index (χ3v) is 4.87. The molecule has 0 unspecified atom stereocenters. The van der Waals surface area contributed by atoms with Gasteiger partial charge in [-0.15, -0.1) is 10.2 Å². The Morgan fingerprint density at radius 3 is 2.72 bits per heavy atom. The van der Waals surface area contributed by atoms with Crippen LogP contribution < -0.4 is 0 Å². The molecule has 3 heterocycles. The maximum atomic E-state index is 12.6. The van der Waals surface area contributed by atoms with Gasteiger partial charge in [-0.1, -0.05) is 22.0 Å². The summed E-state index contributed by atoms with van der Waals surface area (Å²) in [6.45, 7) is 1.35. The van der Waals surface area contributed by atoms with Gasteiger partial charge in [-0.3, -0.25) is 4.79 Å². The number of aromatic nitrogens is 2. The Kier molecular flexibility index (Phi) is 4.40. The van der Waals surface area contributed by atoms with Gasteiger partial charge in [0, 0.05) is 29.0 Å². The van der Waals surface area contributed by atoms with Crippen LogP contribution in [0.2, 0.25) is 0 Å². The van der Waals surface area contributed by atoms with Crippen molar-refractivity contribution in [2.75, 3.05) is 13.1 Å². The first-order valence-corrected chi connectivity index (χ1v) is 8.92. The van der Waals surface area contributed by atoms with Gasteiger partial charge in [0.15, 0.2) is 5.76 Å². The van der Waals surface area contributed by atoms with E-state index in [-0.39, 0.29) is 11.8 Å². The van der Waals surface area contributed by atoms with Gasteiger partial charge in [-0.05, 0) is 43.2 Å². The molecule has 0 spiro atoms. The zero-order valence-electron chi connectivity index (χ0n) is 13.4. The summed E-state index contributed by atoms with van der Waals surface area (Å²) in [5.41, 5.74) is 0.700. The molecule has 0 aliphatic carbocycles. The Bertz CT molecular complexity index is 867. The highest BCUT2D eigenvalue weighted by Crippen LogP contribution is 2.30. The molecule has 0 atom stereocenters. The molecular formula is C18H16BrN3O3. The van der Waals surface area contributed by atoms with Crippen LogP contribution in [0.1, 0.15) is 35.0 Å². The largest absolute Gasteiger partial charge is 0.459 e. The van der Waals surface area contributed by atoms with Crippen molar-refractivity contribution < 1.29 is 13.6 Å². The molecule has 128 valence electrons. The van der Waals surface area contributed by atoms with E-state index in [9.17, 15) is 4.79 Å². The van der Waals surface area contributed by atoms with Gasteiger partial charge in [-0.25, -0.2) is 0 Å². The second-order valence-electron chi connectivity index (χ2n) is 6.00. The van der Waals surface area contributed by atoms with E-state index >= 15 is 0 Å². The molecule has 25 heavy (non-hydrogen) atoms. The highest BCUT2D eigenvalue weighted by atomic mass is 79.9. The lowest BCUT2D eigenvalue weighted by atomic mass is 9.96. The SMILES string of the molecule is O=C(c1cccc(Br)c1)N1CCC(c2nnc(-c3ccco3)o2)CC1. The molecule has 1 amide bonds. The zero-order chi connectivity index (χ0) is 17.2. The smallest absolute Gasteiger partial charge is 0.283 e. The first-order valence-electron chi connectivity index (χ1n) is 8.13. The van der Waals surface area contributed by atoms with Crippen molar-refractivity contribution in [3.63, 3.8) is 0 Å². The molecule has 0 radical (unpaired) electrons. The number of carbonyl (C=O) groups is 1.